The minimum atomic E-state index is -4.34. The summed E-state index contributed by atoms with van der Waals surface area (Å²) in [5.41, 5.74) is -0.308. The summed E-state index contributed by atoms with van der Waals surface area (Å²) in [7, 11) is 1.83. The summed E-state index contributed by atoms with van der Waals surface area (Å²) in [6, 6.07) is 5.57. The molecule has 0 bridgehead atoms. The van der Waals surface area contributed by atoms with Gasteiger partial charge in [-0.3, -0.25) is 4.79 Å². The van der Waals surface area contributed by atoms with Crippen molar-refractivity contribution in [1.82, 2.24) is 10.6 Å². The minimum absolute atomic E-state index is 0. The Kier molecular flexibility index (Phi) is 8.22. The van der Waals surface area contributed by atoms with E-state index >= 15 is 0 Å². The van der Waals surface area contributed by atoms with E-state index in [4.69, 9.17) is 0 Å². The smallest absolute Gasteiger partial charge is 0.355 e. The first-order chi connectivity index (χ1) is 11.4. The van der Waals surface area contributed by atoms with Gasteiger partial charge in [0, 0.05) is 18.4 Å². The molecular weight excluding hydrogens is 353 g/mol. The molecule has 0 heterocycles. The van der Waals surface area contributed by atoms with Crippen LogP contribution >= 0.6 is 12.4 Å². The summed E-state index contributed by atoms with van der Waals surface area (Å²) >= 11 is 0. The standard InChI is InChI=1S/C18H25F3N2O.ClH/c1-22-11-5-8-16(24)23-13-17(9-2-3-10-17)14-6-4-7-15(12-14)18(19,20)21;/h4,6-7,12,22H,2-3,5,8-11,13H2,1H3,(H,23,24);1H. The Morgan fingerprint density at radius 3 is 2.52 bits per heavy atom. The van der Waals surface area contributed by atoms with E-state index in [2.05, 4.69) is 10.6 Å². The Bertz CT molecular complexity index is 557. The van der Waals surface area contributed by atoms with Crippen molar-refractivity contribution >= 4 is 18.3 Å². The van der Waals surface area contributed by atoms with Crippen molar-refractivity contribution in [2.75, 3.05) is 20.1 Å². The third-order valence-corrected chi connectivity index (χ3v) is 4.82. The fourth-order valence-corrected chi connectivity index (χ4v) is 3.43. The molecule has 0 radical (unpaired) electrons. The first-order valence-electron chi connectivity index (χ1n) is 8.46. The molecule has 1 aromatic carbocycles. The molecule has 1 aliphatic carbocycles. The molecule has 1 saturated carbocycles. The largest absolute Gasteiger partial charge is 0.416 e. The third-order valence-electron chi connectivity index (χ3n) is 4.82. The molecule has 0 atom stereocenters. The number of halogens is 4. The van der Waals surface area contributed by atoms with Gasteiger partial charge in [0.2, 0.25) is 5.91 Å². The van der Waals surface area contributed by atoms with Gasteiger partial charge >= 0.3 is 6.18 Å². The topological polar surface area (TPSA) is 41.1 Å². The van der Waals surface area contributed by atoms with Crippen LogP contribution in [0.1, 0.15) is 49.7 Å². The van der Waals surface area contributed by atoms with Crippen LogP contribution in [0.25, 0.3) is 0 Å². The van der Waals surface area contributed by atoms with Crippen molar-refractivity contribution in [3.05, 3.63) is 35.4 Å². The van der Waals surface area contributed by atoms with E-state index in [1.165, 1.54) is 12.1 Å². The molecule has 2 rings (SSSR count). The number of carbonyl (C=O) groups is 1. The second-order valence-corrected chi connectivity index (χ2v) is 6.55. The van der Waals surface area contributed by atoms with E-state index in [0.717, 1.165) is 44.7 Å². The van der Waals surface area contributed by atoms with Gasteiger partial charge in [0.15, 0.2) is 0 Å². The highest BCUT2D eigenvalue weighted by molar-refractivity contribution is 5.85. The zero-order valence-electron chi connectivity index (χ0n) is 14.4. The van der Waals surface area contributed by atoms with Gasteiger partial charge in [-0.2, -0.15) is 13.2 Å². The Hall–Kier alpha value is -1.27. The Morgan fingerprint density at radius 1 is 1.24 bits per heavy atom. The number of alkyl halides is 3. The van der Waals surface area contributed by atoms with E-state index in [9.17, 15) is 18.0 Å². The second kappa shape index (κ2) is 9.43. The van der Waals surface area contributed by atoms with Crippen LogP contribution in [-0.2, 0) is 16.4 Å². The minimum Gasteiger partial charge on any atom is -0.355 e. The van der Waals surface area contributed by atoms with Crippen molar-refractivity contribution in [3.63, 3.8) is 0 Å². The summed E-state index contributed by atoms with van der Waals surface area (Å²) in [4.78, 5) is 12.0. The number of amides is 1. The van der Waals surface area contributed by atoms with E-state index in [0.29, 0.717) is 18.5 Å². The summed E-state index contributed by atoms with van der Waals surface area (Å²) in [5.74, 6) is -0.0384. The predicted octanol–water partition coefficient (Wildman–Crippen LogP) is 4.05. The lowest BCUT2D eigenvalue weighted by atomic mass is 9.78. The predicted molar refractivity (Wildman–Crippen MR) is 95.0 cm³/mol. The lowest BCUT2D eigenvalue weighted by Gasteiger charge is -2.30. The fourth-order valence-electron chi connectivity index (χ4n) is 3.43. The summed E-state index contributed by atoms with van der Waals surface area (Å²) in [6.45, 7) is 1.18. The summed E-state index contributed by atoms with van der Waals surface area (Å²) < 4.78 is 39.0. The molecule has 3 nitrogen and oxygen atoms in total. The van der Waals surface area contributed by atoms with Gasteiger partial charge in [0.25, 0.3) is 0 Å². The van der Waals surface area contributed by atoms with Crippen LogP contribution in [0.4, 0.5) is 13.2 Å². The maximum Gasteiger partial charge on any atom is 0.416 e. The number of nitrogens with one attached hydrogen (secondary N) is 2. The number of hydrogen-bond donors (Lipinski definition) is 2. The van der Waals surface area contributed by atoms with E-state index in [1.807, 2.05) is 7.05 Å². The Balaban J connectivity index is 0.00000312. The average Bonchev–Trinajstić information content (AvgIpc) is 3.03. The van der Waals surface area contributed by atoms with Gasteiger partial charge in [-0.05, 0) is 44.5 Å². The Labute approximate surface area is 153 Å². The molecule has 1 amide bonds. The maximum atomic E-state index is 13.0. The quantitative estimate of drug-likeness (QED) is 0.703. The molecule has 25 heavy (non-hydrogen) atoms. The van der Waals surface area contributed by atoms with Gasteiger partial charge in [-0.25, -0.2) is 0 Å². The lowest BCUT2D eigenvalue weighted by molar-refractivity contribution is -0.137. The van der Waals surface area contributed by atoms with Crippen LogP contribution in [0.2, 0.25) is 0 Å². The molecule has 2 N–H and O–H groups in total. The van der Waals surface area contributed by atoms with Crippen LogP contribution in [0.15, 0.2) is 24.3 Å². The highest BCUT2D eigenvalue weighted by Gasteiger charge is 2.38. The fraction of sp³-hybridized carbons (Fsp3) is 0.611. The van der Waals surface area contributed by atoms with Gasteiger partial charge in [0.05, 0.1) is 5.56 Å². The molecule has 142 valence electrons. The van der Waals surface area contributed by atoms with Gasteiger partial charge in [0.1, 0.15) is 0 Å². The van der Waals surface area contributed by atoms with Crippen molar-refractivity contribution in [2.24, 2.45) is 0 Å². The average molecular weight is 379 g/mol. The van der Waals surface area contributed by atoms with Crippen LogP contribution in [0, 0.1) is 0 Å². The highest BCUT2D eigenvalue weighted by Crippen LogP contribution is 2.42. The first-order valence-corrected chi connectivity index (χ1v) is 8.46. The van der Waals surface area contributed by atoms with Gasteiger partial charge < -0.3 is 10.6 Å². The number of carbonyl (C=O) groups excluding carboxylic acids is 1. The monoisotopic (exact) mass is 378 g/mol. The molecule has 1 aliphatic rings. The summed E-state index contributed by atoms with van der Waals surface area (Å²) in [6.07, 6.45) is 0.415. The molecule has 0 aromatic heterocycles. The normalized spacial score (nSPS) is 16.3. The van der Waals surface area contributed by atoms with Crippen molar-refractivity contribution in [2.45, 2.75) is 50.1 Å². The van der Waals surface area contributed by atoms with Crippen molar-refractivity contribution < 1.29 is 18.0 Å². The zero-order chi connectivity index (χ0) is 17.6. The van der Waals surface area contributed by atoms with Crippen LogP contribution in [0.5, 0.6) is 0 Å². The van der Waals surface area contributed by atoms with Crippen molar-refractivity contribution in [3.8, 4) is 0 Å². The molecule has 1 fully saturated rings. The molecule has 1 aromatic rings. The van der Waals surface area contributed by atoms with Crippen LogP contribution < -0.4 is 10.6 Å². The summed E-state index contributed by atoms with van der Waals surface area (Å²) in [5, 5.41) is 5.92. The van der Waals surface area contributed by atoms with Crippen molar-refractivity contribution in [1.29, 1.82) is 0 Å². The van der Waals surface area contributed by atoms with E-state index in [-0.39, 0.29) is 23.7 Å². The molecular formula is C18H26ClF3N2O. The van der Waals surface area contributed by atoms with E-state index < -0.39 is 11.7 Å². The first kappa shape index (κ1) is 21.8. The molecule has 0 unspecified atom stereocenters. The molecule has 0 saturated heterocycles. The zero-order valence-corrected chi connectivity index (χ0v) is 15.2. The van der Waals surface area contributed by atoms with Gasteiger partial charge in [-0.15, -0.1) is 12.4 Å². The van der Waals surface area contributed by atoms with Crippen LogP contribution in [-0.4, -0.2) is 26.0 Å². The van der Waals surface area contributed by atoms with Crippen LogP contribution in [0.3, 0.4) is 0 Å². The molecule has 7 heteroatoms. The van der Waals surface area contributed by atoms with E-state index in [1.54, 1.807) is 6.07 Å². The lowest BCUT2D eigenvalue weighted by Crippen LogP contribution is -2.39. The third kappa shape index (κ3) is 5.89. The second-order valence-electron chi connectivity index (χ2n) is 6.55. The Morgan fingerprint density at radius 2 is 1.92 bits per heavy atom. The number of benzene rings is 1. The number of hydrogen-bond acceptors (Lipinski definition) is 2. The van der Waals surface area contributed by atoms with Gasteiger partial charge in [-0.1, -0.05) is 31.0 Å². The molecule has 0 aliphatic heterocycles. The maximum absolute atomic E-state index is 13.0. The molecule has 0 spiro atoms. The number of rotatable bonds is 7. The highest BCUT2D eigenvalue weighted by atomic mass is 35.5. The SMILES string of the molecule is CNCCCC(=O)NCC1(c2cccc(C(F)(F)F)c2)CCCC1.Cl.